The van der Waals surface area contributed by atoms with Gasteiger partial charge in [-0.05, 0) is 74.0 Å². The number of likely N-dealkylation sites (N-methyl/N-ethyl adjacent to an activating group) is 1. The zero-order valence-corrected chi connectivity index (χ0v) is 20.0. The number of aliphatic imine (C=N–C) groups is 1. The number of nitrogens with zero attached hydrogens (tertiary/aromatic N) is 2. The molecule has 2 aromatic carbocycles. The lowest BCUT2D eigenvalue weighted by Crippen LogP contribution is -2.28. The summed E-state index contributed by atoms with van der Waals surface area (Å²) >= 11 is 13.8. The minimum Gasteiger partial charge on any atom is -0.490 e. The number of ether oxygens (including phenoxy) is 2. The maximum absolute atomic E-state index is 12.7. The van der Waals surface area contributed by atoms with E-state index in [1.807, 2.05) is 57.2 Å². The van der Waals surface area contributed by atoms with Crippen LogP contribution in [0.4, 0.5) is 0 Å². The fourth-order valence-corrected chi connectivity index (χ4v) is 4.51. The van der Waals surface area contributed by atoms with E-state index in [2.05, 4.69) is 4.99 Å². The number of rotatable bonds is 8. The molecular formula is C23H24Cl2N2O3S. The number of amides is 1. The van der Waals surface area contributed by atoms with Crippen LogP contribution in [0.5, 0.6) is 11.5 Å². The molecule has 8 heteroatoms. The molecule has 0 saturated carbocycles. The van der Waals surface area contributed by atoms with Gasteiger partial charge in [0, 0.05) is 18.1 Å². The fraction of sp³-hybridized carbons (Fsp3) is 0.304. The molecule has 1 heterocycles. The zero-order valence-electron chi connectivity index (χ0n) is 17.7. The molecule has 0 N–H and O–H groups in total. The molecule has 1 fully saturated rings. The van der Waals surface area contributed by atoms with Gasteiger partial charge < -0.3 is 9.47 Å². The van der Waals surface area contributed by atoms with Crippen LogP contribution < -0.4 is 9.47 Å². The van der Waals surface area contributed by atoms with Gasteiger partial charge in [0.15, 0.2) is 16.7 Å². The highest BCUT2D eigenvalue weighted by molar-refractivity contribution is 8.18. The summed E-state index contributed by atoms with van der Waals surface area (Å²) in [5.41, 5.74) is 1.72. The Bertz CT molecular complexity index is 1010. The van der Waals surface area contributed by atoms with Gasteiger partial charge in [0.05, 0.1) is 16.5 Å². The number of thioether (sulfide) groups is 1. The molecule has 1 aliphatic heterocycles. The molecule has 0 aliphatic carbocycles. The van der Waals surface area contributed by atoms with Gasteiger partial charge in [0.2, 0.25) is 0 Å². The van der Waals surface area contributed by atoms with Crippen molar-refractivity contribution in [2.24, 2.45) is 4.99 Å². The highest BCUT2D eigenvalue weighted by Crippen LogP contribution is 2.39. The van der Waals surface area contributed by atoms with Crippen molar-refractivity contribution >= 4 is 52.1 Å². The van der Waals surface area contributed by atoms with Crippen LogP contribution in [-0.2, 0) is 11.4 Å². The van der Waals surface area contributed by atoms with Crippen molar-refractivity contribution in [3.8, 4) is 11.5 Å². The molecule has 1 saturated heterocycles. The van der Waals surface area contributed by atoms with Gasteiger partial charge in [0.1, 0.15) is 6.61 Å². The van der Waals surface area contributed by atoms with Gasteiger partial charge in [-0.2, -0.15) is 0 Å². The van der Waals surface area contributed by atoms with Crippen molar-refractivity contribution in [1.82, 2.24) is 4.90 Å². The van der Waals surface area contributed by atoms with E-state index in [4.69, 9.17) is 32.7 Å². The monoisotopic (exact) mass is 478 g/mol. The number of hydrogen-bond donors (Lipinski definition) is 0. The first kappa shape index (κ1) is 23.5. The van der Waals surface area contributed by atoms with E-state index >= 15 is 0 Å². The summed E-state index contributed by atoms with van der Waals surface area (Å²) in [5.74, 6) is 0.937. The summed E-state index contributed by atoms with van der Waals surface area (Å²) in [6, 6.07) is 11.0. The van der Waals surface area contributed by atoms with Crippen LogP contribution in [0.1, 0.15) is 31.9 Å². The molecule has 3 rings (SSSR count). The topological polar surface area (TPSA) is 51.1 Å². The second-order valence-electron chi connectivity index (χ2n) is 6.60. The summed E-state index contributed by atoms with van der Waals surface area (Å²) in [6.45, 7) is 7.76. The largest absolute Gasteiger partial charge is 0.490 e. The molecule has 0 atom stereocenters. The predicted molar refractivity (Wildman–Crippen MR) is 129 cm³/mol. The van der Waals surface area contributed by atoms with Crippen molar-refractivity contribution in [2.75, 3.05) is 19.7 Å². The first-order valence-corrected chi connectivity index (χ1v) is 11.6. The fourth-order valence-electron chi connectivity index (χ4n) is 3.00. The Balaban J connectivity index is 1.87. The molecule has 5 nitrogen and oxygen atoms in total. The first-order valence-electron chi connectivity index (χ1n) is 10.1. The molecule has 0 radical (unpaired) electrons. The van der Waals surface area contributed by atoms with Gasteiger partial charge in [0.25, 0.3) is 5.91 Å². The van der Waals surface area contributed by atoms with Crippen molar-refractivity contribution in [1.29, 1.82) is 0 Å². The van der Waals surface area contributed by atoms with Crippen LogP contribution in [0.3, 0.4) is 0 Å². The molecule has 31 heavy (non-hydrogen) atoms. The van der Waals surface area contributed by atoms with Gasteiger partial charge in [-0.25, -0.2) is 0 Å². The lowest BCUT2D eigenvalue weighted by molar-refractivity contribution is -0.122. The molecular weight excluding hydrogens is 455 g/mol. The summed E-state index contributed by atoms with van der Waals surface area (Å²) in [5, 5.41) is 1.81. The van der Waals surface area contributed by atoms with E-state index in [0.29, 0.717) is 52.8 Å². The third-order valence-electron chi connectivity index (χ3n) is 4.42. The second-order valence-corrected chi connectivity index (χ2v) is 8.45. The maximum atomic E-state index is 12.7. The molecule has 164 valence electrons. The molecule has 0 aromatic heterocycles. The van der Waals surface area contributed by atoms with Gasteiger partial charge >= 0.3 is 0 Å². The second kappa shape index (κ2) is 10.9. The van der Waals surface area contributed by atoms with Crippen LogP contribution in [0.2, 0.25) is 10.0 Å². The van der Waals surface area contributed by atoms with Crippen molar-refractivity contribution in [2.45, 2.75) is 27.4 Å². The Labute approximate surface area is 197 Å². The third-order valence-corrected chi connectivity index (χ3v) is 6.00. The van der Waals surface area contributed by atoms with Crippen LogP contribution in [0.15, 0.2) is 46.3 Å². The minimum atomic E-state index is -0.0585. The van der Waals surface area contributed by atoms with Crippen molar-refractivity contribution < 1.29 is 14.3 Å². The molecule has 1 aliphatic rings. The van der Waals surface area contributed by atoms with Gasteiger partial charge in [-0.3, -0.25) is 14.7 Å². The number of carbonyl (C=O) groups excluding carboxylic acids is 1. The van der Waals surface area contributed by atoms with Crippen LogP contribution in [0, 0.1) is 0 Å². The SMILES string of the molecule is CCN=C1S/C(=C\c2cc(Cl)c(OCc3ccc(Cl)cc3)c(OCC)c2)C(=O)N1CC. The lowest BCUT2D eigenvalue weighted by atomic mass is 10.1. The first-order chi connectivity index (χ1) is 15.0. The Morgan fingerprint density at radius 3 is 2.48 bits per heavy atom. The zero-order chi connectivity index (χ0) is 22.4. The smallest absolute Gasteiger partial charge is 0.266 e. The highest BCUT2D eigenvalue weighted by atomic mass is 35.5. The summed E-state index contributed by atoms with van der Waals surface area (Å²) < 4.78 is 11.7. The number of halogens is 2. The van der Waals surface area contributed by atoms with Crippen molar-refractivity contribution in [3.63, 3.8) is 0 Å². The third kappa shape index (κ3) is 5.76. The molecule has 0 bridgehead atoms. The summed E-state index contributed by atoms with van der Waals surface area (Å²) in [4.78, 5) is 19.4. The number of carbonyl (C=O) groups is 1. The maximum Gasteiger partial charge on any atom is 0.266 e. The normalized spacial score (nSPS) is 16.4. The minimum absolute atomic E-state index is 0.0585. The molecule has 2 aromatic rings. The van der Waals surface area contributed by atoms with E-state index in [0.717, 1.165) is 16.3 Å². The Morgan fingerprint density at radius 1 is 1.10 bits per heavy atom. The van der Waals surface area contributed by atoms with Crippen LogP contribution in [-0.4, -0.2) is 35.7 Å². The Morgan fingerprint density at radius 2 is 1.84 bits per heavy atom. The van der Waals surface area contributed by atoms with Crippen LogP contribution in [0.25, 0.3) is 6.08 Å². The van der Waals surface area contributed by atoms with E-state index < -0.39 is 0 Å². The number of benzene rings is 2. The average molecular weight is 479 g/mol. The standard InChI is InChI=1S/C23H24Cl2N2O3S/c1-4-26-23-27(5-2)22(28)20(31-23)13-16-11-18(25)21(19(12-16)29-6-3)30-14-15-7-9-17(24)10-8-15/h7-13H,4-6,14H2,1-3H3/b20-13-,26-23?. The average Bonchev–Trinajstić information content (AvgIpc) is 3.03. The van der Waals surface area contributed by atoms with Crippen LogP contribution >= 0.6 is 35.0 Å². The highest BCUT2D eigenvalue weighted by Gasteiger charge is 2.32. The Kier molecular flexibility index (Phi) is 8.29. The van der Waals surface area contributed by atoms with E-state index in [1.54, 1.807) is 11.0 Å². The van der Waals surface area contributed by atoms with Gasteiger partial charge in [-0.15, -0.1) is 0 Å². The van der Waals surface area contributed by atoms with E-state index in [1.165, 1.54) is 11.8 Å². The molecule has 0 spiro atoms. The van der Waals surface area contributed by atoms with Crippen molar-refractivity contribution in [3.05, 3.63) is 62.5 Å². The predicted octanol–water partition coefficient (Wildman–Crippen LogP) is 6.28. The number of amidine groups is 1. The van der Waals surface area contributed by atoms with E-state index in [-0.39, 0.29) is 5.91 Å². The molecule has 1 amide bonds. The lowest BCUT2D eigenvalue weighted by Gasteiger charge is -2.15. The van der Waals surface area contributed by atoms with E-state index in [9.17, 15) is 4.79 Å². The van der Waals surface area contributed by atoms with Gasteiger partial charge in [-0.1, -0.05) is 35.3 Å². The Hall–Kier alpha value is -2.15. The number of hydrogen-bond acceptors (Lipinski definition) is 5. The summed E-state index contributed by atoms with van der Waals surface area (Å²) in [7, 11) is 0. The quantitative estimate of drug-likeness (QED) is 0.418. The summed E-state index contributed by atoms with van der Waals surface area (Å²) in [6.07, 6.45) is 1.81. The molecule has 0 unspecified atom stereocenters.